The first-order valence-electron chi connectivity index (χ1n) is 9.70. The van der Waals surface area contributed by atoms with Gasteiger partial charge in [0, 0.05) is 25.0 Å². The lowest BCUT2D eigenvalue weighted by Crippen LogP contribution is -2.53. The minimum Gasteiger partial charge on any atom is -0.354 e. The quantitative estimate of drug-likeness (QED) is 0.708. The van der Waals surface area contributed by atoms with E-state index in [1.807, 2.05) is 13.8 Å². The monoisotopic (exact) mass is 395 g/mol. The summed E-state index contributed by atoms with van der Waals surface area (Å²) in [4.78, 5) is 14.8. The molecule has 0 unspecified atom stereocenters. The lowest BCUT2D eigenvalue weighted by Gasteiger charge is -2.41. The van der Waals surface area contributed by atoms with E-state index in [4.69, 9.17) is 0 Å². The molecule has 0 aromatic heterocycles. The average molecular weight is 396 g/mol. The van der Waals surface area contributed by atoms with E-state index in [1.165, 1.54) is 19.3 Å². The number of nitrogens with one attached hydrogen (secondary N) is 2. The topological polar surface area (TPSA) is 78.5 Å². The Balaban J connectivity index is 1.78. The molecule has 2 N–H and O–H groups in total. The predicted octanol–water partition coefficient (Wildman–Crippen LogP) is 2.35. The summed E-state index contributed by atoms with van der Waals surface area (Å²) in [5.41, 5.74) is 1.88. The molecule has 7 heteroatoms. The zero-order valence-corrected chi connectivity index (χ0v) is 17.8. The van der Waals surface area contributed by atoms with Gasteiger partial charge in [-0.3, -0.25) is 9.69 Å². The van der Waals surface area contributed by atoms with Crippen LogP contribution in [0.15, 0.2) is 23.1 Å². The van der Waals surface area contributed by atoms with Gasteiger partial charge in [-0.1, -0.05) is 12.5 Å². The summed E-state index contributed by atoms with van der Waals surface area (Å²) in [7, 11) is -3.59. The van der Waals surface area contributed by atoms with Crippen molar-refractivity contribution in [2.75, 3.05) is 26.2 Å². The number of amides is 1. The highest BCUT2D eigenvalue weighted by Gasteiger charge is 2.28. The van der Waals surface area contributed by atoms with Crippen LogP contribution in [0.2, 0.25) is 0 Å². The zero-order valence-electron chi connectivity index (χ0n) is 17.0. The van der Waals surface area contributed by atoms with Crippen molar-refractivity contribution in [3.63, 3.8) is 0 Å². The summed E-state index contributed by atoms with van der Waals surface area (Å²) in [6, 6.07) is 5.03. The molecule has 0 atom stereocenters. The lowest BCUT2D eigenvalue weighted by molar-refractivity contribution is -0.121. The van der Waals surface area contributed by atoms with Gasteiger partial charge in [0.2, 0.25) is 15.9 Å². The molecule has 1 saturated heterocycles. The molecule has 1 aliphatic heterocycles. The van der Waals surface area contributed by atoms with E-state index < -0.39 is 10.0 Å². The van der Waals surface area contributed by atoms with Crippen molar-refractivity contribution < 1.29 is 13.2 Å². The van der Waals surface area contributed by atoms with Crippen molar-refractivity contribution in [1.29, 1.82) is 0 Å². The van der Waals surface area contributed by atoms with Gasteiger partial charge in [0.15, 0.2) is 0 Å². The molecule has 1 aromatic carbocycles. The molecule has 152 valence electrons. The van der Waals surface area contributed by atoms with Crippen LogP contribution in [0.1, 0.15) is 50.7 Å². The number of nitrogens with zero attached hydrogens (tertiary/aromatic N) is 1. The molecule has 1 aromatic rings. The smallest absolute Gasteiger partial charge is 0.240 e. The van der Waals surface area contributed by atoms with E-state index in [2.05, 4.69) is 28.8 Å². The third kappa shape index (κ3) is 6.30. The van der Waals surface area contributed by atoms with Crippen LogP contribution >= 0.6 is 0 Å². The molecule has 2 rings (SSSR count). The third-order valence-corrected chi connectivity index (χ3v) is 6.82. The van der Waals surface area contributed by atoms with Crippen molar-refractivity contribution >= 4 is 15.9 Å². The largest absolute Gasteiger partial charge is 0.354 e. The fraction of sp³-hybridized carbons (Fsp3) is 0.650. The van der Waals surface area contributed by atoms with Crippen molar-refractivity contribution in [3.05, 3.63) is 29.3 Å². The minimum absolute atomic E-state index is 0.0883. The van der Waals surface area contributed by atoms with E-state index in [0.29, 0.717) is 6.54 Å². The molecule has 1 heterocycles. The first kappa shape index (κ1) is 21.9. The molecule has 1 fully saturated rings. The summed E-state index contributed by atoms with van der Waals surface area (Å²) in [5.74, 6) is -0.136. The highest BCUT2D eigenvalue weighted by Crippen LogP contribution is 2.20. The van der Waals surface area contributed by atoms with Gasteiger partial charge in [0.25, 0.3) is 0 Å². The Bertz CT molecular complexity index is 754. The van der Waals surface area contributed by atoms with Crippen molar-refractivity contribution in [2.24, 2.45) is 0 Å². The maximum atomic E-state index is 12.4. The Kier molecular flexibility index (Phi) is 7.42. The van der Waals surface area contributed by atoms with E-state index in [-0.39, 0.29) is 29.3 Å². The Morgan fingerprint density at radius 1 is 1.11 bits per heavy atom. The number of aryl methyl sites for hydroxylation is 2. The highest BCUT2D eigenvalue weighted by molar-refractivity contribution is 7.89. The van der Waals surface area contributed by atoms with Crippen LogP contribution in [0.4, 0.5) is 0 Å². The zero-order chi connectivity index (χ0) is 20.1. The predicted molar refractivity (Wildman–Crippen MR) is 108 cm³/mol. The van der Waals surface area contributed by atoms with Gasteiger partial charge in [-0.05, 0) is 76.9 Å². The Morgan fingerprint density at radius 2 is 1.78 bits per heavy atom. The number of rotatable bonds is 8. The number of hydrogen-bond acceptors (Lipinski definition) is 4. The van der Waals surface area contributed by atoms with E-state index in [0.717, 1.165) is 24.2 Å². The second kappa shape index (κ2) is 9.17. The molecule has 0 radical (unpaired) electrons. The normalized spacial score (nSPS) is 16.3. The second-order valence-corrected chi connectivity index (χ2v) is 9.80. The van der Waals surface area contributed by atoms with Gasteiger partial charge < -0.3 is 5.32 Å². The Hall–Kier alpha value is -1.44. The van der Waals surface area contributed by atoms with Crippen LogP contribution < -0.4 is 10.0 Å². The molecule has 0 bridgehead atoms. The summed E-state index contributed by atoms with van der Waals surface area (Å²) in [6.45, 7) is 10.9. The van der Waals surface area contributed by atoms with Gasteiger partial charge in [-0.15, -0.1) is 0 Å². The summed E-state index contributed by atoms with van der Waals surface area (Å²) in [6.07, 6.45) is 3.81. The summed E-state index contributed by atoms with van der Waals surface area (Å²) >= 11 is 0. The molecule has 1 aliphatic rings. The number of carbonyl (C=O) groups excluding carboxylic acids is 1. The number of hydrogen-bond donors (Lipinski definition) is 2. The summed E-state index contributed by atoms with van der Waals surface area (Å²) in [5, 5.41) is 2.95. The average Bonchev–Trinajstić information content (AvgIpc) is 2.63. The SMILES string of the molecule is Cc1ccc(S(=O)(=O)NCCC(=O)NCC(C)(C)N2CCCCC2)cc1C. The Morgan fingerprint density at radius 3 is 2.41 bits per heavy atom. The first-order chi connectivity index (χ1) is 12.6. The van der Waals surface area contributed by atoms with Crippen LogP contribution in [0, 0.1) is 13.8 Å². The maximum Gasteiger partial charge on any atom is 0.240 e. The van der Waals surface area contributed by atoms with Gasteiger partial charge >= 0.3 is 0 Å². The second-order valence-electron chi connectivity index (χ2n) is 8.03. The van der Waals surface area contributed by atoms with Gasteiger partial charge in [-0.2, -0.15) is 0 Å². The molecule has 0 saturated carbocycles. The molecule has 6 nitrogen and oxygen atoms in total. The molecule has 0 spiro atoms. The first-order valence-corrected chi connectivity index (χ1v) is 11.2. The van der Waals surface area contributed by atoms with Crippen LogP contribution in [0.5, 0.6) is 0 Å². The van der Waals surface area contributed by atoms with E-state index in [1.54, 1.807) is 18.2 Å². The number of likely N-dealkylation sites (tertiary alicyclic amines) is 1. The molecule has 27 heavy (non-hydrogen) atoms. The maximum absolute atomic E-state index is 12.4. The van der Waals surface area contributed by atoms with Gasteiger partial charge in [-0.25, -0.2) is 13.1 Å². The molecule has 0 aliphatic carbocycles. The fourth-order valence-electron chi connectivity index (χ4n) is 3.28. The van der Waals surface area contributed by atoms with Crippen molar-refractivity contribution in [2.45, 2.75) is 63.8 Å². The third-order valence-electron chi connectivity index (χ3n) is 5.36. The lowest BCUT2D eigenvalue weighted by atomic mass is 9.98. The van der Waals surface area contributed by atoms with E-state index in [9.17, 15) is 13.2 Å². The van der Waals surface area contributed by atoms with Gasteiger partial charge in [0.05, 0.1) is 4.90 Å². The van der Waals surface area contributed by atoms with Crippen LogP contribution in [0.25, 0.3) is 0 Å². The number of benzene rings is 1. The standard InChI is InChI=1S/C20H33N3O3S/c1-16-8-9-18(14-17(16)2)27(25,26)22-11-10-19(24)21-15-20(3,4)23-12-6-5-7-13-23/h8-9,14,22H,5-7,10-13,15H2,1-4H3,(H,21,24). The number of carbonyl (C=O) groups is 1. The molecular formula is C20H33N3O3S. The van der Waals surface area contributed by atoms with Crippen LogP contribution in [-0.2, 0) is 14.8 Å². The molecular weight excluding hydrogens is 362 g/mol. The number of piperidine rings is 1. The fourth-order valence-corrected chi connectivity index (χ4v) is 4.39. The van der Waals surface area contributed by atoms with Gasteiger partial charge in [0.1, 0.15) is 0 Å². The van der Waals surface area contributed by atoms with Crippen molar-refractivity contribution in [3.8, 4) is 0 Å². The van der Waals surface area contributed by atoms with Crippen LogP contribution in [-0.4, -0.2) is 50.9 Å². The summed E-state index contributed by atoms with van der Waals surface area (Å²) < 4.78 is 27.2. The Labute approximate surface area is 163 Å². The molecule has 1 amide bonds. The van der Waals surface area contributed by atoms with Crippen molar-refractivity contribution in [1.82, 2.24) is 14.9 Å². The number of sulfonamides is 1. The highest BCUT2D eigenvalue weighted by atomic mass is 32.2. The minimum atomic E-state index is -3.59. The van der Waals surface area contributed by atoms with Crippen LogP contribution in [0.3, 0.4) is 0 Å². The van der Waals surface area contributed by atoms with E-state index >= 15 is 0 Å².